The van der Waals surface area contributed by atoms with Crippen molar-refractivity contribution >= 4 is 32.6 Å². The zero-order valence-corrected chi connectivity index (χ0v) is 17.1. The minimum atomic E-state index is -0.656. The summed E-state index contributed by atoms with van der Waals surface area (Å²) in [5, 5.41) is 11.7. The number of hydrogen-bond acceptors (Lipinski definition) is 5. The number of ether oxygens (including phenoxy) is 1. The summed E-state index contributed by atoms with van der Waals surface area (Å²) < 4.78 is 8.99. The van der Waals surface area contributed by atoms with Crippen molar-refractivity contribution in [2.75, 3.05) is 6.61 Å². The number of aliphatic hydroxyl groups is 1. The molecule has 0 amide bonds. The van der Waals surface area contributed by atoms with E-state index in [0.717, 1.165) is 33.1 Å². The SMILES string of the molecule is O[C@H](COc1ccccc1)Cn1c(Cc2nc3ccccc3s2)nc2ccccc21. The predicted octanol–water partition coefficient (Wildman–Crippen LogP) is 4.68. The van der Waals surface area contributed by atoms with Crippen molar-refractivity contribution < 1.29 is 9.84 Å². The minimum absolute atomic E-state index is 0.219. The van der Waals surface area contributed by atoms with Crippen molar-refractivity contribution in [1.29, 1.82) is 0 Å². The van der Waals surface area contributed by atoms with Crippen LogP contribution >= 0.6 is 11.3 Å². The second kappa shape index (κ2) is 8.26. The Morgan fingerprint density at radius 2 is 1.60 bits per heavy atom. The second-order valence-electron chi connectivity index (χ2n) is 7.16. The molecule has 0 unspecified atom stereocenters. The van der Waals surface area contributed by atoms with Gasteiger partial charge in [-0.25, -0.2) is 9.97 Å². The molecular formula is C24H21N3O2S. The van der Waals surface area contributed by atoms with Crippen molar-refractivity contribution in [3.05, 3.63) is 89.7 Å². The molecule has 30 heavy (non-hydrogen) atoms. The number of benzene rings is 3. The number of aromatic nitrogens is 3. The van der Waals surface area contributed by atoms with Gasteiger partial charge in [0.05, 0.1) is 34.2 Å². The van der Waals surface area contributed by atoms with Gasteiger partial charge in [-0.2, -0.15) is 0 Å². The number of thiazole rings is 1. The minimum Gasteiger partial charge on any atom is -0.491 e. The summed E-state index contributed by atoms with van der Waals surface area (Å²) in [4.78, 5) is 9.58. The maximum Gasteiger partial charge on any atom is 0.119 e. The lowest BCUT2D eigenvalue weighted by molar-refractivity contribution is 0.0928. The van der Waals surface area contributed by atoms with Gasteiger partial charge < -0.3 is 14.4 Å². The van der Waals surface area contributed by atoms with Crippen LogP contribution in [0.25, 0.3) is 21.3 Å². The number of rotatable bonds is 7. The van der Waals surface area contributed by atoms with E-state index < -0.39 is 6.10 Å². The van der Waals surface area contributed by atoms with E-state index in [1.807, 2.05) is 72.8 Å². The van der Waals surface area contributed by atoms with E-state index in [4.69, 9.17) is 14.7 Å². The smallest absolute Gasteiger partial charge is 0.119 e. The summed E-state index contributed by atoms with van der Waals surface area (Å²) in [6, 6.07) is 25.7. The summed E-state index contributed by atoms with van der Waals surface area (Å²) in [5.74, 6) is 1.65. The van der Waals surface area contributed by atoms with Gasteiger partial charge in [0.2, 0.25) is 0 Å². The Hall–Kier alpha value is -3.22. The van der Waals surface area contributed by atoms with Crippen molar-refractivity contribution in [1.82, 2.24) is 14.5 Å². The second-order valence-corrected chi connectivity index (χ2v) is 8.27. The molecule has 0 radical (unpaired) electrons. The first-order valence-electron chi connectivity index (χ1n) is 9.91. The van der Waals surface area contributed by atoms with E-state index in [2.05, 4.69) is 10.6 Å². The molecule has 1 atom stereocenters. The van der Waals surface area contributed by atoms with Crippen molar-refractivity contribution in [3.63, 3.8) is 0 Å². The first-order valence-corrected chi connectivity index (χ1v) is 10.7. The summed E-state index contributed by atoms with van der Waals surface area (Å²) >= 11 is 1.69. The highest BCUT2D eigenvalue weighted by molar-refractivity contribution is 7.18. The Kier molecular flexibility index (Phi) is 5.17. The van der Waals surface area contributed by atoms with Crippen LogP contribution in [-0.2, 0) is 13.0 Å². The molecule has 6 heteroatoms. The highest BCUT2D eigenvalue weighted by Crippen LogP contribution is 2.25. The summed E-state index contributed by atoms with van der Waals surface area (Å²) in [6.07, 6.45) is -0.0303. The standard InChI is InChI=1S/C24H21N3O2S/c28-17(16-29-18-8-2-1-3-9-18)15-27-21-12-6-4-10-19(21)25-23(27)14-24-26-20-11-5-7-13-22(20)30-24/h1-13,17,28H,14-16H2/t17-/m0/s1. The lowest BCUT2D eigenvalue weighted by Gasteiger charge is -2.15. The molecule has 2 heterocycles. The van der Waals surface area contributed by atoms with Crippen LogP contribution in [0.2, 0.25) is 0 Å². The molecule has 0 aliphatic carbocycles. The third-order valence-corrected chi connectivity index (χ3v) is 6.00. The van der Waals surface area contributed by atoms with Crippen LogP contribution in [0, 0.1) is 0 Å². The van der Waals surface area contributed by atoms with Crippen LogP contribution in [0.15, 0.2) is 78.9 Å². The van der Waals surface area contributed by atoms with Crippen LogP contribution in [0.1, 0.15) is 10.8 Å². The fraction of sp³-hybridized carbons (Fsp3) is 0.167. The first kappa shape index (κ1) is 18.8. The van der Waals surface area contributed by atoms with Gasteiger partial charge in [-0.05, 0) is 36.4 Å². The average molecular weight is 416 g/mol. The molecule has 0 saturated carbocycles. The topological polar surface area (TPSA) is 60.2 Å². The molecule has 5 aromatic rings. The quantitative estimate of drug-likeness (QED) is 0.419. The molecule has 2 aromatic heterocycles. The molecule has 0 bridgehead atoms. The van der Waals surface area contributed by atoms with E-state index in [0.29, 0.717) is 13.0 Å². The maximum atomic E-state index is 10.7. The van der Waals surface area contributed by atoms with E-state index in [-0.39, 0.29) is 6.61 Å². The van der Waals surface area contributed by atoms with Gasteiger partial charge in [0.25, 0.3) is 0 Å². The molecule has 150 valence electrons. The monoisotopic (exact) mass is 415 g/mol. The van der Waals surface area contributed by atoms with E-state index in [1.54, 1.807) is 11.3 Å². The number of aliphatic hydroxyl groups excluding tert-OH is 1. The fourth-order valence-corrected chi connectivity index (χ4v) is 4.53. The maximum absolute atomic E-state index is 10.7. The zero-order chi connectivity index (χ0) is 20.3. The third kappa shape index (κ3) is 3.92. The van der Waals surface area contributed by atoms with Crippen LogP contribution < -0.4 is 4.74 Å². The number of fused-ring (bicyclic) bond motifs is 2. The van der Waals surface area contributed by atoms with Crippen molar-refractivity contribution in [2.24, 2.45) is 0 Å². The van der Waals surface area contributed by atoms with E-state index in [9.17, 15) is 5.11 Å². The lowest BCUT2D eigenvalue weighted by Crippen LogP contribution is -2.24. The molecule has 0 spiro atoms. The third-order valence-electron chi connectivity index (χ3n) is 4.96. The van der Waals surface area contributed by atoms with Gasteiger partial charge in [0.15, 0.2) is 0 Å². The van der Waals surface area contributed by atoms with Gasteiger partial charge in [0, 0.05) is 0 Å². The lowest BCUT2D eigenvalue weighted by atomic mass is 10.3. The molecule has 0 fully saturated rings. The largest absolute Gasteiger partial charge is 0.491 e. The zero-order valence-electron chi connectivity index (χ0n) is 16.3. The summed E-state index contributed by atoms with van der Waals surface area (Å²) in [6.45, 7) is 0.630. The van der Waals surface area contributed by atoms with Gasteiger partial charge in [-0.1, -0.05) is 42.5 Å². The summed E-state index contributed by atoms with van der Waals surface area (Å²) in [7, 11) is 0. The molecular weight excluding hydrogens is 394 g/mol. The molecule has 5 rings (SSSR count). The Morgan fingerprint density at radius 3 is 2.43 bits per heavy atom. The van der Waals surface area contributed by atoms with Crippen LogP contribution in [0.3, 0.4) is 0 Å². The number of para-hydroxylation sites is 4. The van der Waals surface area contributed by atoms with Crippen LogP contribution in [0.5, 0.6) is 5.75 Å². The van der Waals surface area contributed by atoms with Gasteiger partial charge >= 0.3 is 0 Å². The molecule has 0 aliphatic rings. The average Bonchev–Trinajstić information content (AvgIpc) is 3.34. The Labute approximate surface area is 178 Å². The summed E-state index contributed by atoms with van der Waals surface area (Å²) in [5.41, 5.74) is 2.94. The van der Waals surface area contributed by atoms with Crippen molar-refractivity contribution in [2.45, 2.75) is 19.1 Å². The van der Waals surface area contributed by atoms with E-state index >= 15 is 0 Å². The fourth-order valence-electron chi connectivity index (χ4n) is 3.57. The first-order chi connectivity index (χ1) is 14.8. The molecule has 5 nitrogen and oxygen atoms in total. The van der Waals surface area contributed by atoms with Crippen LogP contribution in [0.4, 0.5) is 0 Å². The normalized spacial score (nSPS) is 12.4. The van der Waals surface area contributed by atoms with E-state index in [1.165, 1.54) is 4.70 Å². The number of hydrogen-bond donors (Lipinski definition) is 1. The van der Waals surface area contributed by atoms with Gasteiger partial charge in [0.1, 0.15) is 29.3 Å². The highest BCUT2D eigenvalue weighted by atomic mass is 32.1. The Balaban J connectivity index is 1.40. The Bertz CT molecular complexity index is 1250. The van der Waals surface area contributed by atoms with Crippen molar-refractivity contribution in [3.8, 4) is 5.75 Å². The Morgan fingerprint density at radius 1 is 0.867 bits per heavy atom. The molecule has 0 saturated heterocycles. The highest BCUT2D eigenvalue weighted by Gasteiger charge is 2.16. The number of nitrogens with zero attached hydrogens (tertiary/aromatic N) is 3. The molecule has 1 N–H and O–H groups in total. The van der Waals surface area contributed by atoms with Gasteiger partial charge in [-0.3, -0.25) is 0 Å². The van der Waals surface area contributed by atoms with Gasteiger partial charge in [-0.15, -0.1) is 11.3 Å². The van der Waals surface area contributed by atoms with Crippen LogP contribution in [-0.4, -0.2) is 32.4 Å². The number of imidazole rings is 1. The molecule has 0 aliphatic heterocycles. The molecule has 3 aromatic carbocycles. The predicted molar refractivity (Wildman–Crippen MR) is 120 cm³/mol.